The van der Waals surface area contributed by atoms with E-state index in [1.165, 1.54) is 0 Å². The Labute approximate surface area is 160 Å². The summed E-state index contributed by atoms with van der Waals surface area (Å²) in [6.07, 6.45) is 4.99. The molecule has 23 heavy (non-hydrogen) atoms. The summed E-state index contributed by atoms with van der Waals surface area (Å²) in [5, 5.41) is 1.43. The number of benzene rings is 2. The van der Waals surface area contributed by atoms with Gasteiger partial charge in [0.05, 0.1) is 0 Å². The van der Waals surface area contributed by atoms with E-state index < -0.39 is 10.1 Å². The van der Waals surface area contributed by atoms with Gasteiger partial charge in [-0.05, 0) is 23.8 Å². The molecule has 0 aliphatic carbocycles. The van der Waals surface area contributed by atoms with Crippen LogP contribution in [0.5, 0.6) is 0 Å². The van der Waals surface area contributed by atoms with Crippen LogP contribution in [-0.2, 0) is 21.3 Å². The molecule has 0 saturated carbocycles. The maximum atomic E-state index is 11.7. The van der Waals surface area contributed by atoms with E-state index in [1.54, 1.807) is 12.1 Å². The molecule has 0 heterocycles. The van der Waals surface area contributed by atoms with Crippen molar-refractivity contribution in [1.29, 1.82) is 0 Å². The molecule has 1 N–H and O–H groups in total. The molecule has 0 bridgehead atoms. The molecular formula is C17H22NaO4S. The molecule has 4 nitrogen and oxygen atoms in total. The summed E-state index contributed by atoms with van der Waals surface area (Å²) in [7, 11) is -4.20. The van der Waals surface area contributed by atoms with Gasteiger partial charge in [-0.3, -0.25) is 4.55 Å². The predicted octanol–water partition coefficient (Wildman–Crippen LogP) is 3.64. The van der Waals surface area contributed by atoms with Crippen LogP contribution in [0.3, 0.4) is 0 Å². The van der Waals surface area contributed by atoms with Crippen molar-refractivity contribution in [3.8, 4) is 0 Å². The Kier molecular flexibility index (Phi) is 10.6. The number of hydrogen-bond donors (Lipinski definition) is 1. The van der Waals surface area contributed by atoms with Gasteiger partial charge in [0.25, 0.3) is 10.1 Å². The summed E-state index contributed by atoms with van der Waals surface area (Å²) < 4.78 is 33.0. The molecule has 0 aromatic heterocycles. The van der Waals surface area contributed by atoms with Gasteiger partial charge in [-0.25, -0.2) is 0 Å². The van der Waals surface area contributed by atoms with Crippen LogP contribution < -0.4 is 0 Å². The Morgan fingerprint density at radius 1 is 1.00 bits per heavy atom. The Morgan fingerprint density at radius 2 is 1.65 bits per heavy atom. The second kappa shape index (κ2) is 10.9. The van der Waals surface area contributed by atoms with E-state index in [-0.39, 0.29) is 34.5 Å². The summed E-state index contributed by atoms with van der Waals surface area (Å²) in [5.74, 6) is 0. The first-order valence-electron chi connectivity index (χ1n) is 7.31. The van der Waals surface area contributed by atoms with Crippen LogP contribution in [-0.4, -0.2) is 49.3 Å². The van der Waals surface area contributed by atoms with Crippen LogP contribution in [0.4, 0.5) is 0 Å². The van der Waals surface area contributed by atoms with Crippen LogP contribution in [0.1, 0.15) is 38.2 Å². The Balaban J connectivity index is 0.00000155. The van der Waals surface area contributed by atoms with Crippen LogP contribution in [0, 0.1) is 0 Å². The standard InChI is InChI=1S/C16H20O3S.CH2O.Na/c1-2-3-4-5-9-14-12-11-13-8-6-7-10-15(13)16(14)20(17,18)19;1-2;/h6-8,10-12H,2-5,9H2,1H3,(H,17,18,19);1H2;. The second-order valence-corrected chi connectivity index (χ2v) is 6.42. The van der Waals surface area contributed by atoms with Crippen molar-refractivity contribution >= 4 is 57.2 Å². The maximum Gasteiger partial charge on any atom is 0.295 e. The fourth-order valence-corrected chi connectivity index (χ4v) is 3.50. The average molecular weight is 345 g/mol. The van der Waals surface area contributed by atoms with Crippen LogP contribution in [0.15, 0.2) is 41.3 Å². The van der Waals surface area contributed by atoms with Gasteiger partial charge in [0.1, 0.15) is 11.7 Å². The molecule has 2 aromatic carbocycles. The Hall–Kier alpha value is -0.720. The number of hydrogen-bond acceptors (Lipinski definition) is 3. The smallest absolute Gasteiger partial charge is 0.295 e. The topological polar surface area (TPSA) is 71.4 Å². The summed E-state index contributed by atoms with van der Waals surface area (Å²) in [6.45, 7) is 4.14. The van der Waals surface area contributed by atoms with Gasteiger partial charge in [0.15, 0.2) is 0 Å². The zero-order valence-electron chi connectivity index (χ0n) is 13.8. The fraction of sp³-hybridized carbons (Fsp3) is 0.353. The third kappa shape index (κ3) is 6.36. The fourth-order valence-electron chi connectivity index (χ4n) is 2.53. The van der Waals surface area contributed by atoms with Crippen molar-refractivity contribution in [2.75, 3.05) is 0 Å². The largest absolute Gasteiger partial charge is 0.307 e. The quantitative estimate of drug-likeness (QED) is 0.493. The van der Waals surface area contributed by atoms with Gasteiger partial charge in [0, 0.05) is 34.9 Å². The molecule has 2 rings (SSSR count). The molecule has 0 fully saturated rings. The number of unbranched alkanes of at least 4 members (excludes halogenated alkanes) is 3. The summed E-state index contributed by atoms with van der Waals surface area (Å²) in [4.78, 5) is 8.08. The monoisotopic (exact) mass is 345 g/mol. The number of carbonyl (C=O) groups is 1. The van der Waals surface area contributed by atoms with Crippen LogP contribution in [0.25, 0.3) is 10.8 Å². The first kappa shape index (κ1) is 22.3. The Bertz CT molecular complexity index is 714. The molecule has 1 radical (unpaired) electrons. The van der Waals surface area contributed by atoms with E-state index in [1.807, 2.05) is 31.1 Å². The maximum absolute atomic E-state index is 11.7. The summed E-state index contributed by atoms with van der Waals surface area (Å²) in [6, 6.07) is 11.0. The zero-order chi connectivity index (χ0) is 16.6. The minimum absolute atomic E-state index is 0. The molecule has 121 valence electrons. The molecule has 6 heteroatoms. The van der Waals surface area contributed by atoms with Crippen molar-refractivity contribution < 1.29 is 17.8 Å². The van der Waals surface area contributed by atoms with Crippen molar-refractivity contribution in [2.24, 2.45) is 0 Å². The van der Waals surface area contributed by atoms with Gasteiger partial charge in [-0.1, -0.05) is 62.6 Å². The summed E-state index contributed by atoms with van der Waals surface area (Å²) >= 11 is 0. The second-order valence-electron chi connectivity index (χ2n) is 5.06. The summed E-state index contributed by atoms with van der Waals surface area (Å²) in [5.41, 5.74) is 0.710. The molecule has 0 amide bonds. The third-order valence-electron chi connectivity index (χ3n) is 3.52. The zero-order valence-corrected chi connectivity index (χ0v) is 16.6. The minimum atomic E-state index is -4.20. The van der Waals surface area contributed by atoms with E-state index in [4.69, 9.17) is 4.79 Å². The van der Waals surface area contributed by atoms with Crippen molar-refractivity contribution in [1.82, 2.24) is 0 Å². The van der Waals surface area contributed by atoms with Gasteiger partial charge >= 0.3 is 0 Å². The van der Waals surface area contributed by atoms with Gasteiger partial charge in [-0.2, -0.15) is 8.42 Å². The van der Waals surface area contributed by atoms with Crippen LogP contribution >= 0.6 is 0 Å². The van der Waals surface area contributed by atoms with Crippen molar-refractivity contribution in [3.05, 3.63) is 42.0 Å². The molecule has 0 unspecified atom stereocenters. The molecule has 0 saturated heterocycles. The van der Waals surface area contributed by atoms with Crippen molar-refractivity contribution in [3.63, 3.8) is 0 Å². The van der Waals surface area contributed by atoms with E-state index in [2.05, 4.69) is 6.92 Å². The minimum Gasteiger partial charge on any atom is -0.307 e. The average Bonchev–Trinajstić information content (AvgIpc) is 2.52. The Morgan fingerprint density at radius 3 is 2.26 bits per heavy atom. The first-order valence-corrected chi connectivity index (χ1v) is 8.75. The van der Waals surface area contributed by atoms with Gasteiger partial charge < -0.3 is 4.79 Å². The van der Waals surface area contributed by atoms with E-state index in [0.717, 1.165) is 31.1 Å². The van der Waals surface area contributed by atoms with Crippen molar-refractivity contribution in [2.45, 2.75) is 43.9 Å². The molecule has 2 aromatic rings. The SMILES string of the molecule is C=O.CCCCCCc1ccc2ccccc2c1S(=O)(=O)O.[Na]. The normalized spacial score (nSPS) is 10.5. The predicted molar refractivity (Wildman–Crippen MR) is 94.5 cm³/mol. The molecular weight excluding hydrogens is 323 g/mol. The van der Waals surface area contributed by atoms with E-state index in [9.17, 15) is 13.0 Å². The van der Waals surface area contributed by atoms with Gasteiger partial charge in [0.2, 0.25) is 0 Å². The van der Waals surface area contributed by atoms with E-state index >= 15 is 0 Å². The first-order chi connectivity index (χ1) is 10.5. The molecule has 0 atom stereocenters. The van der Waals surface area contributed by atoms with Gasteiger partial charge in [-0.15, -0.1) is 0 Å². The third-order valence-corrected chi connectivity index (χ3v) is 4.52. The molecule has 0 aliphatic heterocycles. The molecule has 0 aliphatic rings. The van der Waals surface area contributed by atoms with Crippen LogP contribution in [0.2, 0.25) is 0 Å². The number of carbonyl (C=O) groups excluding carboxylic acids is 1. The number of rotatable bonds is 6. The number of fused-ring (bicyclic) bond motifs is 1. The van der Waals surface area contributed by atoms with E-state index in [0.29, 0.717) is 17.4 Å². The molecule has 0 spiro atoms. The number of aryl methyl sites for hydroxylation is 1.